The lowest BCUT2D eigenvalue weighted by Gasteiger charge is -2.31. The summed E-state index contributed by atoms with van der Waals surface area (Å²) in [4.78, 5) is 3.51. The minimum Gasteiger partial charge on any atom is -0.383 e. The normalized spacial score (nSPS) is 12.4. The molecule has 0 heterocycles. The van der Waals surface area contributed by atoms with Gasteiger partial charge in [0.05, 0.1) is 0 Å². The van der Waals surface area contributed by atoms with Crippen LogP contribution in [0.1, 0.15) is 47.5 Å². The zero-order chi connectivity index (χ0) is 11.7. The first-order valence-corrected chi connectivity index (χ1v) is 8.18. The smallest absolute Gasteiger partial charge is 0.383 e. The number of hydrogen-bond donors (Lipinski definition) is 1. The van der Waals surface area contributed by atoms with Crippen LogP contribution in [0, 0.1) is 0 Å². The van der Waals surface area contributed by atoms with E-state index in [2.05, 4.69) is 39.6 Å². The first kappa shape index (κ1) is 15.1. The van der Waals surface area contributed by atoms with Crippen LogP contribution in [0.3, 0.4) is 0 Å². The van der Waals surface area contributed by atoms with Crippen LogP contribution in [-0.2, 0) is 8.85 Å². The predicted molar refractivity (Wildman–Crippen MR) is 67.0 cm³/mol. The molecule has 0 unspecified atom stereocenters. The second-order valence-corrected chi connectivity index (χ2v) is 7.18. The van der Waals surface area contributed by atoms with Gasteiger partial charge < -0.3 is 8.85 Å². The fraction of sp³-hybridized carbons (Fsp3) is 1.00. The summed E-state index contributed by atoms with van der Waals surface area (Å²) in [7, 11) is -2.12. The van der Waals surface area contributed by atoms with Gasteiger partial charge in [-0.25, -0.2) is 0 Å². The maximum atomic E-state index is 5.95. The SMILES string of the molecule is CCCO[Si](CC)(NC(C)C)OCCC. The molecule has 0 aliphatic carbocycles. The molecule has 0 aromatic rings. The zero-order valence-corrected chi connectivity index (χ0v) is 11.9. The Hall–Kier alpha value is 0.0969. The van der Waals surface area contributed by atoms with Crippen molar-refractivity contribution in [2.75, 3.05) is 13.2 Å². The summed E-state index contributed by atoms with van der Waals surface area (Å²) in [5.74, 6) is 0. The Morgan fingerprint density at radius 3 is 1.73 bits per heavy atom. The molecular formula is C11H27NO2Si. The fourth-order valence-corrected chi connectivity index (χ4v) is 4.21. The number of rotatable bonds is 9. The van der Waals surface area contributed by atoms with E-state index in [1.165, 1.54) is 0 Å². The molecule has 0 spiro atoms. The molecule has 0 rings (SSSR count). The van der Waals surface area contributed by atoms with Gasteiger partial charge in [-0.2, -0.15) is 0 Å². The lowest BCUT2D eigenvalue weighted by Crippen LogP contribution is -2.58. The summed E-state index contributed by atoms with van der Waals surface area (Å²) in [6.45, 7) is 12.3. The first-order valence-electron chi connectivity index (χ1n) is 6.15. The molecule has 0 bridgehead atoms. The third-order valence-corrected chi connectivity index (χ3v) is 5.34. The van der Waals surface area contributed by atoms with E-state index in [-0.39, 0.29) is 0 Å². The summed E-state index contributed by atoms with van der Waals surface area (Å²) < 4.78 is 11.9. The molecule has 0 aliphatic rings. The highest BCUT2D eigenvalue weighted by atomic mass is 28.4. The lowest BCUT2D eigenvalue weighted by molar-refractivity contribution is 0.154. The van der Waals surface area contributed by atoms with Gasteiger partial charge in [0.15, 0.2) is 0 Å². The van der Waals surface area contributed by atoms with Crippen LogP contribution in [0.15, 0.2) is 0 Å². The molecule has 0 aromatic carbocycles. The van der Waals surface area contributed by atoms with Crippen molar-refractivity contribution in [1.82, 2.24) is 4.98 Å². The maximum absolute atomic E-state index is 5.95. The molecule has 0 saturated carbocycles. The average molecular weight is 233 g/mol. The van der Waals surface area contributed by atoms with Crippen LogP contribution in [0.25, 0.3) is 0 Å². The van der Waals surface area contributed by atoms with Crippen molar-refractivity contribution in [3.8, 4) is 0 Å². The highest BCUT2D eigenvalue weighted by Crippen LogP contribution is 2.12. The van der Waals surface area contributed by atoms with Gasteiger partial charge in [0.25, 0.3) is 0 Å². The van der Waals surface area contributed by atoms with Crippen molar-refractivity contribution in [2.45, 2.75) is 59.5 Å². The Balaban J connectivity index is 4.30. The molecule has 0 radical (unpaired) electrons. The van der Waals surface area contributed by atoms with Crippen LogP contribution in [-0.4, -0.2) is 28.0 Å². The molecule has 1 N–H and O–H groups in total. The Bertz CT molecular complexity index is 146. The Labute approximate surface area is 95.9 Å². The van der Waals surface area contributed by atoms with Gasteiger partial charge in [-0.1, -0.05) is 34.6 Å². The summed E-state index contributed by atoms with van der Waals surface area (Å²) >= 11 is 0. The van der Waals surface area contributed by atoms with Gasteiger partial charge in [0.1, 0.15) is 0 Å². The predicted octanol–water partition coefficient (Wildman–Crippen LogP) is 2.80. The Morgan fingerprint density at radius 2 is 1.47 bits per heavy atom. The second kappa shape index (κ2) is 8.27. The van der Waals surface area contributed by atoms with Gasteiger partial charge in [-0.3, -0.25) is 4.98 Å². The van der Waals surface area contributed by atoms with E-state index in [0.717, 1.165) is 32.1 Å². The van der Waals surface area contributed by atoms with Crippen LogP contribution < -0.4 is 4.98 Å². The van der Waals surface area contributed by atoms with E-state index in [4.69, 9.17) is 8.85 Å². The van der Waals surface area contributed by atoms with Crippen LogP contribution >= 0.6 is 0 Å². The molecule has 92 valence electrons. The summed E-state index contributed by atoms with van der Waals surface area (Å²) in [6.07, 6.45) is 2.09. The van der Waals surface area contributed by atoms with Crippen LogP contribution in [0.2, 0.25) is 6.04 Å². The third kappa shape index (κ3) is 6.30. The number of hydrogen-bond acceptors (Lipinski definition) is 3. The van der Waals surface area contributed by atoms with Crippen molar-refractivity contribution in [1.29, 1.82) is 0 Å². The minimum atomic E-state index is -2.12. The van der Waals surface area contributed by atoms with E-state index in [1.807, 2.05) is 0 Å². The second-order valence-electron chi connectivity index (χ2n) is 4.10. The molecule has 0 aliphatic heterocycles. The molecule has 0 atom stereocenters. The van der Waals surface area contributed by atoms with E-state index >= 15 is 0 Å². The van der Waals surface area contributed by atoms with Gasteiger partial charge in [-0.05, 0) is 18.9 Å². The largest absolute Gasteiger partial charge is 0.424 e. The maximum Gasteiger partial charge on any atom is 0.424 e. The van der Waals surface area contributed by atoms with E-state index in [9.17, 15) is 0 Å². The quantitative estimate of drug-likeness (QED) is 0.621. The summed E-state index contributed by atoms with van der Waals surface area (Å²) in [6, 6.07) is 1.39. The number of nitrogens with one attached hydrogen (secondary N) is 1. The van der Waals surface area contributed by atoms with Gasteiger partial charge >= 0.3 is 8.72 Å². The van der Waals surface area contributed by atoms with Gasteiger partial charge in [-0.15, -0.1) is 0 Å². The molecule has 0 fully saturated rings. The molecule has 0 saturated heterocycles. The summed E-state index contributed by atoms with van der Waals surface area (Å²) in [5, 5.41) is 0. The molecule has 3 nitrogen and oxygen atoms in total. The van der Waals surface area contributed by atoms with E-state index < -0.39 is 8.72 Å². The first-order chi connectivity index (χ1) is 7.10. The van der Waals surface area contributed by atoms with Crippen molar-refractivity contribution >= 4 is 8.72 Å². The Kier molecular flexibility index (Phi) is 8.33. The van der Waals surface area contributed by atoms with Crippen LogP contribution in [0.4, 0.5) is 0 Å². The van der Waals surface area contributed by atoms with Crippen molar-refractivity contribution < 1.29 is 8.85 Å². The minimum absolute atomic E-state index is 0.422. The fourth-order valence-electron chi connectivity index (χ4n) is 1.40. The van der Waals surface area contributed by atoms with Crippen molar-refractivity contribution in [2.24, 2.45) is 0 Å². The summed E-state index contributed by atoms with van der Waals surface area (Å²) in [5.41, 5.74) is 0. The monoisotopic (exact) mass is 233 g/mol. The molecule has 0 aromatic heterocycles. The zero-order valence-electron chi connectivity index (χ0n) is 10.9. The van der Waals surface area contributed by atoms with Crippen molar-refractivity contribution in [3.63, 3.8) is 0 Å². The molecule has 4 heteroatoms. The van der Waals surface area contributed by atoms with Gasteiger partial charge in [0.2, 0.25) is 0 Å². The average Bonchev–Trinajstić information content (AvgIpc) is 2.22. The molecular weight excluding hydrogens is 206 g/mol. The molecule has 0 amide bonds. The highest BCUT2D eigenvalue weighted by Gasteiger charge is 2.36. The topological polar surface area (TPSA) is 30.5 Å². The Morgan fingerprint density at radius 1 is 1.00 bits per heavy atom. The third-order valence-electron chi connectivity index (χ3n) is 2.05. The van der Waals surface area contributed by atoms with E-state index in [1.54, 1.807) is 0 Å². The standard InChI is InChI=1S/C11H27NO2Si/c1-6-9-13-15(8-3,12-11(4)5)14-10-7-2/h11-12H,6-10H2,1-5H3. The van der Waals surface area contributed by atoms with E-state index in [0.29, 0.717) is 6.04 Å². The lowest BCUT2D eigenvalue weighted by atomic mass is 10.4. The molecule has 15 heavy (non-hydrogen) atoms. The van der Waals surface area contributed by atoms with Gasteiger partial charge in [0, 0.05) is 19.3 Å². The highest BCUT2D eigenvalue weighted by molar-refractivity contribution is 6.64. The van der Waals surface area contributed by atoms with Crippen molar-refractivity contribution in [3.05, 3.63) is 0 Å². The van der Waals surface area contributed by atoms with Crippen LogP contribution in [0.5, 0.6) is 0 Å².